The first kappa shape index (κ1) is 33.3. The summed E-state index contributed by atoms with van der Waals surface area (Å²) in [5, 5.41) is 12.6. The van der Waals surface area contributed by atoms with E-state index in [4.69, 9.17) is 4.52 Å². The molecule has 0 amide bonds. The molecule has 2 unspecified atom stereocenters. The van der Waals surface area contributed by atoms with Crippen molar-refractivity contribution in [1.29, 1.82) is 0 Å². The van der Waals surface area contributed by atoms with E-state index in [1.54, 1.807) is 0 Å². The molecule has 12 rings (SSSR count). The summed E-state index contributed by atoms with van der Waals surface area (Å²) in [6.07, 6.45) is 16.9. The third-order valence-electron chi connectivity index (χ3n) is 14.8. The molecule has 51 heavy (non-hydrogen) atoms. The van der Waals surface area contributed by atoms with Gasteiger partial charge >= 0.3 is 0 Å². The van der Waals surface area contributed by atoms with Crippen molar-refractivity contribution >= 4 is 27.3 Å². The minimum atomic E-state index is 0.171. The Balaban J connectivity index is 0.764. The van der Waals surface area contributed by atoms with Crippen LogP contribution < -0.4 is 10.6 Å². The van der Waals surface area contributed by atoms with Crippen molar-refractivity contribution in [3.63, 3.8) is 0 Å². The molecule has 4 aromatic rings. The van der Waals surface area contributed by atoms with Crippen LogP contribution in [0, 0.1) is 41.4 Å². The molecule has 2 heterocycles. The fourth-order valence-corrected chi connectivity index (χ4v) is 14.6. The number of aromatic nitrogens is 1. The SMILES string of the molecule is CC(C)(CC1C2CC3CC1CC(NCc1cc(-c4ccccc4Br)on1)(C3)C2)c1ccc(-c2ccc(CNC34CC5CC(CC(C5)C3)C4)s2)cc1. The number of halogens is 1. The lowest BCUT2D eigenvalue weighted by atomic mass is 9.47. The van der Waals surface area contributed by atoms with Gasteiger partial charge in [-0.05, 0) is 159 Å². The fraction of sp³-hybridized carbons (Fsp3) is 0.578. The molecule has 2 N–H and O–H groups in total. The first-order valence-electron chi connectivity index (χ1n) is 20.1. The van der Waals surface area contributed by atoms with Crippen molar-refractivity contribution in [3.05, 3.63) is 87.3 Å². The van der Waals surface area contributed by atoms with Gasteiger partial charge < -0.3 is 15.2 Å². The van der Waals surface area contributed by atoms with Gasteiger partial charge in [0.05, 0.1) is 5.69 Å². The molecule has 8 saturated carbocycles. The Labute approximate surface area is 317 Å². The number of hydrogen-bond acceptors (Lipinski definition) is 5. The third-order valence-corrected chi connectivity index (χ3v) is 16.7. The molecule has 0 saturated heterocycles. The maximum Gasteiger partial charge on any atom is 0.168 e. The molecular formula is C45H54BrN3OS. The second kappa shape index (κ2) is 12.7. The van der Waals surface area contributed by atoms with Crippen LogP contribution in [0.4, 0.5) is 0 Å². The van der Waals surface area contributed by atoms with Gasteiger partial charge in [0.15, 0.2) is 5.76 Å². The summed E-state index contributed by atoms with van der Waals surface area (Å²) in [4.78, 5) is 2.90. The first-order valence-corrected chi connectivity index (χ1v) is 21.7. The second-order valence-corrected chi connectivity index (χ2v) is 20.9. The number of nitrogens with one attached hydrogen (secondary N) is 2. The third kappa shape index (κ3) is 6.32. The summed E-state index contributed by atoms with van der Waals surface area (Å²) < 4.78 is 6.81. The Morgan fingerprint density at radius 1 is 0.765 bits per heavy atom. The highest BCUT2D eigenvalue weighted by atomic mass is 79.9. The summed E-state index contributed by atoms with van der Waals surface area (Å²) in [7, 11) is 0. The number of rotatable bonds is 11. The Kier molecular flexibility index (Phi) is 8.28. The molecule has 8 fully saturated rings. The zero-order valence-electron chi connectivity index (χ0n) is 30.4. The van der Waals surface area contributed by atoms with Crippen LogP contribution in [-0.2, 0) is 18.5 Å². The van der Waals surface area contributed by atoms with Gasteiger partial charge in [-0.3, -0.25) is 0 Å². The molecule has 268 valence electrons. The van der Waals surface area contributed by atoms with E-state index < -0.39 is 0 Å². The number of hydrogen-bond donors (Lipinski definition) is 2. The molecule has 0 radical (unpaired) electrons. The Morgan fingerprint density at radius 2 is 1.39 bits per heavy atom. The van der Waals surface area contributed by atoms with E-state index in [-0.39, 0.29) is 11.0 Å². The van der Waals surface area contributed by atoms with Crippen LogP contribution in [0.15, 0.2) is 75.7 Å². The summed E-state index contributed by atoms with van der Waals surface area (Å²) in [6, 6.07) is 24.8. The van der Waals surface area contributed by atoms with Crippen LogP contribution in [0.5, 0.6) is 0 Å². The highest BCUT2D eigenvalue weighted by Gasteiger charge is 2.56. The minimum Gasteiger partial charge on any atom is -0.356 e. The first-order chi connectivity index (χ1) is 24.7. The summed E-state index contributed by atoms with van der Waals surface area (Å²) in [6.45, 7) is 6.84. The van der Waals surface area contributed by atoms with E-state index in [0.29, 0.717) is 5.54 Å². The monoisotopic (exact) mass is 763 g/mol. The van der Waals surface area contributed by atoms with Crippen molar-refractivity contribution in [2.24, 2.45) is 41.4 Å². The molecular weight excluding hydrogens is 710 g/mol. The van der Waals surface area contributed by atoms with Gasteiger partial charge in [-0.2, -0.15) is 0 Å². The predicted molar refractivity (Wildman–Crippen MR) is 211 cm³/mol. The lowest BCUT2D eigenvalue weighted by molar-refractivity contribution is -0.0754. The van der Waals surface area contributed by atoms with E-state index in [1.807, 2.05) is 23.5 Å². The summed E-state index contributed by atoms with van der Waals surface area (Å²) in [5.74, 6) is 7.17. The number of thiophene rings is 1. The molecule has 8 bridgehead atoms. The lowest BCUT2D eigenvalue weighted by Gasteiger charge is -2.61. The highest BCUT2D eigenvalue weighted by molar-refractivity contribution is 9.10. The molecule has 4 nitrogen and oxygen atoms in total. The van der Waals surface area contributed by atoms with Gasteiger partial charge in [-0.15, -0.1) is 11.3 Å². The van der Waals surface area contributed by atoms with E-state index in [9.17, 15) is 0 Å². The van der Waals surface area contributed by atoms with Crippen molar-refractivity contribution < 1.29 is 4.52 Å². The van der Waals surface area contributed by atoms with Gasteiger partial charge in [0, 0.05) is 50.0 Å². The summed E-state index contributed by atoms with van der Waals surface area (Å²) in [5.41, 5.74) is 5.80. The fourth-order valence-electron chi connectivity index (χ4n) is 13.2. The molecule has 6 heteroatoms. The van der Waals surface area contributed by atoms with Crippen LogP contribution >= 0.6 is 27.3 Å². The second-order valence-electron chi connectivity index (χ2n) is 18.9. The van der Waals surface area contributed by atoms with Crippen molar-refractivity contribution in [2.45, 2.75) is 120 Å². The van der Waals surface area contributed by atoms with Gasteiger partial charge in [0.1, 0.15) is 0 Å². The topological polar surface area (TPSA) is 50.1 Å². The van der Waals surface area contributed by atoms with Gasteiger partial charge in [0.25, 0.3) is 0 Å². The van der Waals surface area contributed by atoms with Crippen molar-refractivity contribution in [1.82, 2.24) is 15.8 Å². The highest BCUT2D eigenvalue weighted by Crippen LogP contribution is 2.61. The molecule has 2 aromatic carbocycles. The van der Waals surface area contributed by atoms with Crippen LogP contribution in [0.1, 0.15) is 107 Å². The van der Waals surface area contributed by atoms with Crippen LogP contribution in [0.2, 0.25) is 0 Å². The molecule has 8 aliphatic carbocycles. The zero-order valence-corrected chi connectivity index (χ0v) is 32.8. The predicted octanol–water partition coefficient (Wildman–Crippen LogP) is 11.5. The maximum atomic E-state index is 5.78. The van der Waals surface area contributed by atoms with E-state index in [1.165, 1.54) is 97.9 Å². The Morgan fingerprint density at radius 3 is 2.08 bits per heavy atom. The number of benzene rings is 2. The molecule has 2 aromatic heterocycles. The molecule has 8 aliphatic rings. The van der Waals surface area contributed by atoms with Crippen LogP contribution in [-0.4, -0.2) is 16.2 Å². The Hall–Kier alpha value is -2.25. The Bertz CT molecular complexity index is 1840. The molecule has 0 aliphatic heterocycles. The quantitative estimate of drug-likeness (QED) is 0.160. The van der Waals surface area contributed by atoms with E-state index in [2.05, 4.69) is 100 Å². The maximum absolute atomic E-state index is 5.78. The normalized spacial score (nSPS) is 34.8. The van der Waals surface area contributed by atoms with Crippen molar-refractivity contribution in [3.8, 4) is 21.8 Å². The average Bonchev–Trinajstić information content (AvgIpc) is 3.78. The zero-order chi connectivity index (χ0) is 34.4. The lowest BCUT2D eigenvalue weighted by Crippen LogP contribution is -2.61. The number of nitrogens with zero attached hydrogens (tertiary/aromatic N) is 1. The molecule has 0 spiro atoms. The van der Waals surface area contributed by atoms with Crippen LogP contribution in [0.25, 0.3) is 21.8 Å². The minimum absolute atomic E-state index is 0.171. The largest absolute Gasteiger partial charge is 0.356 e. The van der Waals surface area contributed by atoms with E-state index >= 15 is 0 Å². The molecule has 2 atom stereocenters. The van der Waals surface area contributed by atoms with E-state index in [0.717, 1.165) is 76.0 Å². The van der Waals surface area contributed by atoms with Gasteiger partial charge in [-0.25, -0.2) is 0 Å². The smallest absolute Gasteiger partial charge is 0.168 e. The van der Waals surface area contributed by atoms with Crippen LogP contribution in [0.3, 0.4) is 0 Å². The van der Waals surface area contributed by atoms with Gasteiger partial charge in [-0.1, -0.05) is 71.3 Å². The van der Waals surface area contributed by atoms with Crippen molar-refractivity contribution in [2.75, 3.05) is 0 Å². The standard InChI is InChI=1S/C45H54BrN3OS/c1-43(2,35-9-7-32(8-10-35)42-12-11-37(51-42)27-48-44-19-28-13-29(20-44)15-30(14-28)21-44)25-39-33-16-31-17-34(39)24-45(22-31,23-33)47-26-36-18-41(50-49-36)38-5-3-4-6-40(38)46/h3-12,18,28-31,33-34,39,47-48H,13-17,19-27H2,1-2H3. The van der Waals surface area contributed by atoms with Gasteiger partial charge in [0.2, 0.25) is 0 Å². The average molecular weight is 765 g/mol. The summed E-state index contributed by atoms with van der Waals surface area (Å²) >= 11 is 5.66.